The van der Waals surface area contributed by atoms with Crippen LogP contribution in [-0.4, -0.2) is 34.3 Å². The molecule has 1 aromatic rings. The van der Waals surface area contributed by atoms with E-state index in [9.17, 15) is 9.59 Å². The van der Waals surface area contributed by atoms with E-state index in [0.717, 1.165) is 0 Å². The van der Waals surface area contributed by atoms with Crippen LogP contribution in [0.2, 0.25) is 0 Å². The second-order valence-corrected chi connectivity index (χ2v) is 8.81. The molecular formula is C18H27BrN4O2. The van der Waals surface area contributed by atoms with Crippen molar-refractivity contribution in [3.05, 3.63) is 29.8 Å². The average Bonchev–Trinajstić information content (AvgIpc) is 2.88. The van der Waals surface area contributed by atoms with Crippen molar-refractivity contribution >= 4 is 33.4 Å². The molecule has 1 aliphatic heterocycles. The van der Waals surface area contributed by atoms with Gasteiger partial charge in [-0.1, -0.05) is 29.8 Å². The summed E-state index contributed by atoms with van der Waals surface area (Å²) in [5.74, 6) is 0.145. The van der Waals surface area contributed by atoms with Gasteiger partial charge in [0, 0.05) is 22.8 Å². The smallest absolute Gasteiger partial charge is 0.251 e. The van der Waals surface area contributed by atoms with Gasteiger partial charge in [-0.2, -0.15) is 0 Å². The SMILES string of the molecule is CC(C)C1NNC(C(=O)Nc2ccc(C(=O)NC(C)(C)C)cc2)C1Br. The van der Waals surface area contributed by atoms with E-state index in [1.54, 1.807) is 24.3 Å². The number of carbonyl (C=O) groups excluding carboxylic acids is 2. The normalized spacial score (nSPS) is 23.6. The number of benzene rings is 1. The highest BCUT2D eigenvalue weighted by molar-refractivity contribution is 9.09. The molecule has 1 fully saturated rings. The van der Waals surface area contributed by atoms with Crippen LogP contribution in [0.1, 0.15) is 45.0 Å². The molecule has 6 nitrogen and oxygen atoms in total. The maximum Gasteiger partial charge on any atom is 0.251 e. The second kappa shape index (κ2) is 7.85. The van der Waals surface area contributed by atoms with E-state index in [4.69, 9.17) is 0 Å². The van der Waals surface area contributed by atoms with Crippen LogP contribution in [0.5, 0.6) is 0 Å². The Kier molecular flexibility index (Phi) is 6.24. The topological polar surface area (TPSA) is 82.3 Å². The molecule has 3 atom stereocenters. The van der Waals surface area contributed by atoms with Crippen molar-refractivity contribution in [1.82, 2.24) is 16.2 Å². The van der Waals surface area contributed by atoms with Crippen molar-refractivity contribution in [2.24, 2.45) is 5.92 Å². The highest BCUT2D eigenvalue weighted by Crippen LogP contribution is 2.22. The Balaban J connectivity index is 1.97. The fourth-order valence-corrected chi connectivity index (χ4v) is 3.75. The Hall–Kier alpha value is -1.44. The van der Waals surface area contributed by atoms with Gasteiger partial charge in [0.15, 0.2) is 0 Å². The molecule has 1 aliphatic rings. The first-order valence-corrected chi connectivity index (χ1v) is 9.38. The number of hydrogen-bond acceptors (Lipinski definition) is 4. The summed E-state index contributed by atoms with van der Waals surface area (Å²) in [5.41, 5.74) is 7.13. The number of carbonyl (C=O) groups is 2. The molecule has 1 heterocycles. The van der Waals surface area contributed by atoms with Crippen molar-refractivity contribution in [2.75, 3.05) is 5.32 Å². The van der Waals surface area contributed by atoms with Crippen molar-refractivity contribution in [3.8, 4) is 0 Å². The average molecular weight is 411 g/mol. The lowest BCUT2D eigenvalue weighted by Crippen LogP contribution is -2.42. The summed E-state index contributed by atoms with van der Waals surface area (Å²) >= 11 is 3.61. The van der Waals surface area contributed by atoms with Gasteiger partial charge in [-0.3, -0.25) is 15.0 Å². The number of amides is 2. The maximum absolute atomic E-state index is 12.5. The minimum atomic E-state index is -0.365. The van der Waals surface area contributed by atoms with E-state index in [1.807, 2.05) is 20.8 Å². The van der Waals surface area contributed by atoms with Gasteiger partial charge in [-0.25, -0.2) is 5.43 Å². The Labute approximate surface area is 157 Å². The van der Waals surface area contributed by atoms with E-state index < -0.39 is 0 Å². The molecule has 3 unspecified atom stereocenters. The van der Waals surface area contributed by atoms with Crippen LogP contribution < -0.4 is 21.5 Å². The lowest BCUT2D eigenvalue weighted by Gasteiger charge is -2.20. The van der Waals surface area contributed by atoms with Crippen molar-refractivity contribution < 1.29 is 9.59 Å². The van der Waals surface area contributed by atoms with Crippen LogP contribution in [-0.2, 0) is 4.79 Å². The van der Waals surface area contributed by atoms with Crippen LogP contribution >= 0.6 is 15.9 Å². The lowest BCUT2D eigenvalue weighted by atomic mass is 9.99. The standard InChI is InChI=1S/C18H27BrN4O2/c1-10(2)14-13(19)15(23-22-14)17(25)20-12-8-6-11(7-9-12)16(24)21-18(3,4)5/h6-10,13-15,22-23H,1-5H3,(H,20,25)(H,21,24). The van der Waals surface area contributed by atoms with Gasteiger partial charge < -0.3 is 10.6 Å². The van der Waals surface area contributed by atoms with Crippen LogP contribution in [0.3, 0.4) is 0 Å². The zero-order chi connectivity index (χ0) is 18.8. The predicted octanol–water partition coefficient (Wildman–Crippen LogP) is 2.42. The minimum Gasteiger partial charge on any atom is -0.347 e. The van der Waals surface area contributed by atoms with Gasteiger partial charge in [0.25, 0.3) is 5.91 Å². The van der Waals surface area contributed by atoms with Crippen molar-refractivity contribution in [1.29, 1.82) is 0 Å². The number of halogens is 1. The molecule has 0 bridgehead atoms. The molecule has 4 N–H and O–H groups in total. The monoisotopic (exact) mass is 410 g/mol. The number of nitrogens with one attached hydrogen (secondary N) is 4. The summed E-state index contributed by atoms with van der Waals surface area (Å²) in [5, 5.41) is 5.80. The zero-order valence-corrected chi connectivity index (χ0v) is 16.9. The molecule has 1 saturated heterocycles. The Bertz CT molecular complexity index is 625. The first-order chi connectivity index (χ1) is 11.6. The Morgan fingerprint density at radius 3 is 2.20 bits per heavy atom. The number of anilines is 1. The molecule has 0 aromatic heterocycles. The zero-order valence-electron chi connectivity index (χ0n) is 15.3. The summed E-state index contributed by atoms with van der Waals surface area (Å²) in [4.78, 5) is 24.6. The van der Waals surface area contributed by atoms with E-state index in [2.05, 4.69) is 51.3 Å². The van der Waals surface area contributed by atoms with Gasteiger partial charge in [-0.15, -0.1) is 0 Å². The summed E-state index contributed by atoms with van der Waals surface area (Å²) in [7, 11) is 0. The first-order valence-electron chi connectivity index (χ1n) is 8.47. The van der Waals surface area contributed by atoms with Gasteiger partial charge in [0.1, 0.15) is 6.04 Å². The first kappa shape index (κ1) is 19.9. The Morgan fingerprint density at radius 1 is 1.12 bits per heavy atom. The maximum atomic E-state index is 12.5. The number of alkyl halides is 1. The molecule has 25 heavy (non-hydrogen) atoms. The fraction of sp³-hybridized carbons (Fsp3) is 0.556. The molecule has 1 aromatic carbocycles. The van der Waals surface area contributed by atoms with Crippen LogP contribution in [0, 0.1) is 5.92 Å². The van der Waals surface area contributed by atoms with Crippen LogP contribution in [0.25, 0.3) is 0 Å². The molecular weight excluding hydrogens is 384 g/mol. The van der Waals surface area contributed by atoms with E-state index in [-0.39, 0.29) is 34.3 Å². The minimum absolute atomic E-state index is 0.00402. The molecule has 0 spiro atoms. The number of hydrogen-bond donors (Lipinski definition) is 4. The summed E-state index contributed by atoms with van der Waals surface area (Å²) in [6.45, 7) is 10.0. The van der Waals surface area contributed by atoms with Gasteiger partial charge in [0.05, 0.1) is 4.83 Å². The van der Waals surface area contributed by atoms with E-state index >= 15 is 0 Å². The van der Waals surface area contributed by atoms with Gasteiger partial charge in [-0.05, 0) is 51.0 Å². The van der Waals surface area contributed by atoms with Gasteiger partial charge >= 0.3 is 0 Å². The highest BCUT2D eigenvalue weighted by Gasteiger charge is 2.39. The van der Waals surface area contributed by atoms with E-state index in [1.165, 1.54) is 0 Å². The van der Waals surface area contributed by atoms with Gasteiger partial charge in [0.2, 0.25) is 5.91 Å². The number of hydrazine groups is 1. The number of rotatable bonds is 4. The fourth-order valence-electron chi connectivity index (χ4n) is 2.63. The Morgan fingerprint density at radius 2 is 1.72 bits per heavy atom. The van der Waals surface area contributed by atoms with Crippen molar-refractivity contribution in [3.63, 3.8) is 0 Å². The third-order valence-electron chi connectivity index (χ3n) is 3.97. The predicted molar refractivity (Wildman–Crippen MR) is 104 cm³/mol. The second-order valence-electron chi connectivity index (χ2n) is 7.75. The molecule has 7 heteroatoms. The molecule has 2 rings (SSSR count). The quantitative estimate of drug-likeness (QED) is 0.574. The molecule has 138 valence electrons. The highest BCUT2D eigenvalue weighted by atomic mass is 79.9. The lowest BCUT2D eigenvalue weighted by molar-refractivity contribution is -0.117. The molecule has 0 aliphatic carbocycles. The summed E-state index contributed by atoms with van der Waals surface area (Å²) < 4.78 is 0. The van der Waals surface area contributed by atoms with Crippen molar-refractivity contribution in [2.45, 2.75) is 57.1 Å². The third kappa shape index (κ3) is 5.26. The molecule has 0 radical (unpaired) electrons. The third-order valence-corrected chi connectivity index (χ3v) is 5.07. The summed E-state index contributed by atoms with van der Waals surface area (Å²) in [6.07, 6.45) is 0. The largest absolute Gasteiger partial charge is 0.347 e. The van der Waals surface area contributed by atoms with Crippen LogP contribution in [0.15, 0.2) is 24.3 Å². The molecule has 0 saturated carbocycles. The molecule has 2 amide bonds. The van der Waals surface area contributed by atoms with Crippen LogP contribution in [0.4, 0.5) is 5.69 Å². The van der Waals surface area contributed by atoms with E-state index in [0.29, 0.717) is 17.2 Å². The summed E-state index contributed by atoms with van der Waals surface area (Å²) in [6, 6.07) is 6.71.